The number of amidine groups is 1. The molecule has 0 aromatic heterocycles. The van der Waals surface area contributed by atoms with Crippen LogP contribution in [0, 0.1) is 5.41 Å². The van der Waals surface area contributed by atoms with Gasteiger partial charge in [0.15, 0.2) is 17.5 Å². The van der Waals surface area contributed by atoms with Gasteiger partial charge in [0, 0.05) is 21.3 Å². The van der Waals surface area contributed by atoms with Gasteiger partial charge in [0.2, 0.25) is 0 Å². The first kappa shape index (κ1) is 19.6. The zero-order valence-electron chi connectivity index (χ0n) is 14.6. The molecule has 0 saturated heterocycles. The molecule has 0 bridgehead atoms. The summed E-state index contributed by atoms with van der Waals surface area (Å²) in [4.78, 5) is 12.4. The van der Waals surface area contributed by atoms with E-state index in [-0.39, 0.29) is 5.84 Å². The molecule has 0 aliphatic heterocycles. The van der Waals surface area contributed by atoms with Crippen LogP contribution in [0.4, 0.5) is 5.69 Å². The quantitative estimate of drug-likeness (QED) is 0.360. The van der Waals surface area contributed by atoms with Gasteiger partial charge in [0.1, 0.15) is 5.84 Å². The summed E-state index contributed by atoms with van der Waals surface area (Å²) in [5.41, 5.74) is 7.36. The predicted molar refractivity (Wildman–Crippen MR) is 103 cm³/mol. The Morgan fingerprint density at radius 3 is 2.19 bits per heavy atom. The number of methoxy groups -OCH3 is 3. The number of anilines is 1. The molecule has 0 radical (unpaired) electrons. The Morgan fingerprint density at radius 1 is 1.12 bits per heavy atom. The van der Waals surface area contributed by atoms with Crippen molar-refractivity contribution >= 4 is 33.4 Å². The number of hydrogen-bond donors (Lipinski definition) is 3. The van der Waals surface area contributed by atoms with Crippen molar-refractivity contribution in [2.45, 2.75) is 6.04 Å². The van der Waals surface area contributed by atoms with Gasteiger partial charge in [-0.2, -0.15) is 0 Å². The van der Waals surface area contributed by atoms with Crippen molar-refractivity contribution in [1.29, 1.82) is 5.41 Å². The minimum absolute atomic E-state index is 0.0243. The van der Waals surface area contributed by atoms with Crippen molar-refractivity contribution in [3.63, 3.8) is 0 Å². The molecule has 4 N–H and O–H groups in total. The van der Waals surface area contributed by atoms with Gasteiger partial charge >= 0.3 is 5.97 Å². The maximum Gasteiger partial charge on any atom is 0.333 e. The van der Waals surface area contributed by atoms with E-state index < -0.39 is 12.0 Å². The minimum atomic E-state index is -0.780. The smallest absolute Gasteiger partial charge is 0.333 e. The highest BCUT2D eigenvalue weighted by atomic mass is 79.9. The molecule has 0 aliphatic carbocycles. The Balaban J connectivity index is 2.42. The first-order chi connectivity index (χ1) is 12.4. The second-order valence-corrected chi connectivity index (χ2v) is 6.17. The van der Waals surface area contributed by atoms with Crippen molar-refractivity contribution in [3.05, 3.63) is 52.0 Å². The van der Waals surface area contributed by atoms with Crippen LogP contribution >= 0.6 is 15.9 Å². The van der Waals surface area contributed by atoms with Crippen molar-refractivity contribution in [3.8, 4) is 11.5 Å². The maximum absolute atomic E-state index is 12.4. The highest BCUT2D eigenvalue weighted by Gasteiger charge is 2.25. The van der Waals surface area contributed by atoms with Gasteiger partial charge in [-0.15, -0.1) is 0 Å². The van der Waals surface area contributed by atoms with E-state index in [1.54, 1.807) is 36.4 Å². The fourth-order valence-corrected chi connectivity index (χ4v) is 2.94. The molecule has 2 aromatic carbocycles. The van der Waals surface area contributed by atoms with Gasteiger partial charge in [-0.25, -0.2) is 4.79 Å². The number of nitrogen functional groups attached to an aromatic ring is 1. The number of hydrogen-bond acceptors (Lipinski definition) is 6. The molecule has 0 aliphatic rings. The number of nitrogens with two attached hydrogens (primary N) is 1. The third kappa shape index (κ3) is 4.26. The van der Waals surface area contributed by atoms with Gasteiger partial charge in [-0.05, 0) is 36.4 Å². The van der Waals surface area contributed by atoms with E-state index in [1.165, 1.54) is 21.3 Å². The molecular formula is C18H20BrN3O4. The Labute approximate surface area is 160 Å². The lowest BCUT2D eigenvalue weighted by Crippen LogP contribution is -2.23. The van der Waals surface area contributed by atoms with Gasteiger partial charge in [-0.1, -0.05) is 15.9 Å². The summed E-state index contributed by atoms with van der Waals surface area (Å²) in [6.07, 6.45) is 0. The summed E-state index contributed by atoms with van der Waals surface area (Å²) in [5, 5.41) is 10.6. The maximum atomic E-state index is 12.4. The van der Waals surface area contributed by atoms with Crippen LogP contribution in [0.25, 0.3) is 0 Å². The van der Waals surface area contributed by atoms with E-state index in [0.717, 1.165) is 0 Å². The molecule has 1 unspecified atom stereocenters. The van der Waals surface area contributed by atoms with Gasteiger partial charge in [0.25, 0.3) is 0 Å². The zero-order valence-corrected chi connectivity index (χ0v) is 16.2. The highest BCUT2D eigenvalue weighted by molar-refractivity contribution is 9.10. The summed E-state index contributed by atoms with van der Waals surface area (Å²) >= 11 is 3.47. The predicted octanol–water partition coefficient (Wildman–Crippen LogP) is 3.08. The number of carbonyl (C=O) groups is 1. The lowest BCUT2D eigenvalue weighted by atomic mass is 10.1. The monoisotopic (exact) mass is 421 g/mol. The Morgan fingerprint density at radius 2 is 1.69 bits per heavy atom. The molecule has 0 spiro atoms. The van der Waals surface area contributed by atoms with E-state index in [9.17, 15) is 4.79 Å². The van der Waals surface area contributed by atoms with Crippen LogP contribution in [-0.2, 0) is 9.53 Å². The molecule has 1 atom stereocenters. The van der Waals surface area contributed by atoms with Crippen molar-refractivity contribution in [1.82, 2.24) is 0 Å². The third-order valence-electron chi connectivity index (χ3n) is 3.76. The number of esters is 1. The first-order valence-electron chi connectivity index (χ1n) is 7.61. The summed E-state index contributed by atoms with van der Waals surface area (Å²) in [5.74, 6) is 0.545. The molecular weight excluding hydrogens is 402 g/mol. The molecule has 0 saturated carbocycles. The van der Waals surface area contributed by atoms with Gasteiger partial charge in [0.05, 0.1) is 21.3 Å². The molecule has 2 aromatic rings. The number of rotatable bonds is 7. The van der Waals surface area contributed by atoms with Crippen LogP contribution in [-0.4, -0.2) is 33.1 Å². The summed E-state index contributed by atoms with van der Waals surface area (Å²) in [6, 6.07) is 9.53. The van der Waals surface area contributed by atoms with Crippen LogP contribution in [0.15, 0.2) is 40.9 Å². The molecule has 8 heteroatoms. The SMILES string of the molecule is COC(=O)C(Nc1ccc(C(=N)N)cc1)c1cc(OC)c(OC)cc1Br. The lowest BCUT2D eigenvalue weighted by Gasteiger charge is -2.21. The van der Waals surface area contributed by atoms with Gasteiger partial charge in [-0.3, -0.25) is 5.41 Å². The fourth-order valence-electron chi connectivity index (χ4n) is 2.39. The first-order valence-corrected chi connectivity index (χ1v) is 8.40. The van der Waals surface area contributed by atoms with Crippen molar-refractivity contribution < 1.29 is 19.0 Å². The van der Waals surface area contributed by atoms with Crippen LogP contribution in [0.1, 0.15) is 17.2 Å². The average Bonchev–Trinajstić information content (AvgIpc) is 2.65. The number of nitrogens with one attached hydrogen (secondary N) is 2. The highest BCUT2D eigenvalue weighted by Crippen LogP contribution is 2.37. The van der Waals surface area contributed by atoms with Crippen LogP contribution in [0.3, 0.4) is 0 Å². The Bertz CT molecular complexity index is 809. The Hall–Kier alpha value is -2.74. The second kappa shape index (κ2) is 8.57. The van der Waals surface area contributed by atoms with E-state index in [4.69, 9.17) is 25.4 Å². The number of benzene rings is 2. The topological polar surface area (TPSA) is 107 Å². The standard InChI is InChI=1S/C18H20BrN3O4/c1-24-14-8-12(13(19)9-15(14)25-2)16(18(23)26-3)22-11-6-4-10(5-7-11)17(20)21/h4-9,16,22H,1-3H3,(H3,20,21). The third-order valence-corrected chi connectivity index (χ3v) is 4.44. The van der Waals surface area contributed by atoms with E-state index >= 15 is 0 Å². The largest absolute Gasteiger partial charge is 0.493 e. The minimum Gasteiger partial charge on any atom is -0.493 e. The molecule has 0 heterocycles. The number of halogens is 1. The van der Waals surface area contributed by atoms with Crippen LogP contribution < -0.4 is 20.5 Å². The second-order valence-electron chi connectivity index (χ2n) is 5.32. The zero-order chi connectivity index (χ0) is 19.3. The fraction of sp³-hybridized carbons (Fsp3) is 0.222. The average molecular weight is 422 g/mol. The van der Waals surface area contributed by atoms with E-state index in [0.29, 0.717) is 32.8 Å². The van der Waals surface area contributed by atoms with Crippen molar-refractivity contribution in [2.24, 2.45) is 5.73 Å². The number of ether oxygens (including phenoxy) is 3. The van der Waals surface area contributed by atoms with E-state index in [2.05, 4.69) is 21.2 Å². The van der Waals surface area contributed by atoms with Crippen LogP contribution in [0.5, 0.6) is 11.5 Å². The van der Waals surface area contributed by atoms with E-state index in [1.807, 2.05) is 0 Å². The summed E-state index contributed by atoms with van der Waals surface area (Å²) in [7, 11) is 4.39. The summed E-state index contributed by atoms with van der Waals surface area (Å²) in [6.45, 7) is 0. The van der Waals surface area contributed by atoms with Crippen molar-refractivity contribution in [2.75, 3.05) is 26.6 Å². The normalized spacial score (nSPS) is 11.4. The van der Waals surface area contributed by atoms with Crippen LogP contribution in [0.2, 0.25) is 0 Å². The lowest BCUT2D eigenvalue weighted by molar-refractivity contribution is -0.141. The molecule has 26 heavy (non-hydrogen) atoms. The molecule has 7 nitrogen and oxygen atoms in total. The Kier molecular flexibility index (Phi) is 6.46. The molecule has 2 rings (SSSR count). The summed E-state index contributed by atoms with van der Waals surface area (Å²) < 4.78 is 16.2. The molecule has 0 amide bonds. The number of carbonyl (C=O) groups excluding carboxylic acids is 1. The van der Waals surface area contributed by atoms with Gasteiger partial charge < -0.3 is 25.3 Å². The molecule has 0 fully saturated rings. The molecule has 138 valence electrons.